The van der Waals surface area contributed by atoms with Crippen LogP contribution in [0.25, 0.3) is 5.57 Å². The Hall–Kier alpha value is -1.79. The lowest BCUT2D eigenvalue weighted by atomic mass is 10.0. The molecular formula is C13H16BF4NO. The Bertz CT molecular complexity index is 531. The van der Waals surface area contributed by atoms with E-state index in [1.54, 1.807) is 0 Å². The number of para-hydroxylation sites is 1. The fourth-order valence-corrected chi connectivity index (χ4v) is 2.02. The maximum atomic E-state index is 9.75. The van der Waals surface area contributed by atoms with Crippen molar-refractivity contribution in [2.45, 2.75) is 20.8 Å². The molecule has 0 spiro atoms. The van der Waals surface area contributed by atoms with Gasteiger partial charge in [-0.3, -0.25) is 0 Å². The lowest BCUT2D eigenvalue weighted by Gasteiger charge is -2.05. The Morgan fingerprint density at radius 3 is 2.30 bits per heavy atom. The second-order valence-electron chi connectivity index (χ2n) is 4.15. The molecule has 1 heterocycles. The molecule has 0 aliphatic carbocycles. The lowest BCUT2D eigenvalue weighted by molar-refractivity contribution is -0.349. The third-order valence-electron chi connectivity index (χ3n) is 2.61. The third-order valence-corrected chi connectivity index (χ3v) is 2.61. The number of halogens is 4. The molecule has 0 saturated carbocycles. The predicted molar refractivity (Wildman–Crippen MR) is 72.2 cm³/mol. The monoisotopic (exact) mass is 289 g/mol. The fourth-order valence-electron chi connectivity index (χ4n) is 2.02. The van der Waals surface area contributed by atoms with Gasteiger partial charge in [0.1, 0.15) is 5.76 Å². The molecule has 20 heavy (non-hydrogen) atoms. The number of nitrogens with one attached hydrogen (secondary N) is 1. The maximum absolute atomic E-state index is 9.75. The van der Waals surface area contributed by atoms with Gasteiger partial charge in [-0.15, -0.1) is 0 Å². The normalized spacial score (nSPS) is 15.8. The van der Waals surface area contributed by atoms with E-state index < -0.39 is 7.25 Å². The molecule has 1 aromatic rings. The molecular weight excluding hydrogens is 273 g/mol. The van der Waals surface area contributed by atoms with E-state index in [2.05, 4.69) is 30.1 Å². The quantitative estimate of drug-likeness (QED) is 0.505. The molecule has 0 atom stereocenters. The van der Waals surface area contributed by atoms with Crippen LogP contribution >= 0.6 is 0 Å². The van der Waals surface area contributed by atoms with Gasteiger partial charge in [-0.2, -0.15) is 0 Å². The van der Waals surface area contributed by atoms with Crippen molar-refractivity contribution in [2.75, 3.05) is 6.61 Å². The molecule has 0 fully saturated rings. The predicted octanol–water partition coefficient (Wildman–Crippen LogP) is 2.94. The molecule has 1 aliphatic heterocycles. The highest BCUT2D eigenvalue weighted by Crippen LogP contribution is 2.27. The van der Waals surface area contributed by atoms with Crippen LogP contribution in [0, 0.1) is 0 Å². The summed E-state index contributed by atoms with van der Waals surface area (Å²) in [7, 11) is -6.00. The topological polar surface area (TPSA) is 23.2 Å². The summed E-state index contributed by atoms with van der Waals surface area (Å²) in [5.74, 6) is 0.993. The molecule has 0 amide bonds. The fraction of sp³-hybridized carbons (Fsp3) is 0.308. The summed E-state index contributed by atoms with van der Waals surface area (Å²) in [4.78, 5) is 3.37. The van der Waals surface area contributed by atoms with Crippen LogP contribution in [0.4, 0.5) is 23.0 Å². The standard InChI is InChI=1S/C13H15NO.BF4/c1-4-15-10(3)13-9(2)14-12-8-6-5-7-11(12)13;2-1(3,4)5/h5-8H,4H2,1-3H3;/q;-1/p+1/b13-10-;. The minimum Gasteiger partial charge on any atom is -0.498 e. The number of rotatable bonds is 2. The summed E-state index contributed by atoms with van der Waals surface area (Å²) < 4.78 is 44.6. The van der Waals surface area contributed by atoms with Crippen molar-refractivity contribution >= 4 is 24.2 Å². The highest BCUT2D eigenvalue weighted by molar-refractivity contribution is 6.50. The minimum atomic E-state index is -6.00. The van der Waals surface area contributed by atoms with Crippen LogP contribution in [0.3, 0.4) is 0 Å². The molecule has 0 aromatic heterocycles. The SMILES string of the molecule is CCO/C(C)=C1/C(C)=[NH+]c2ccccc21.F[B-](F)(F)F. The molecule has 0 bridgehead atoms. The van der Waals surface area contributed by atoms with E-state index in [-0.39, 0.29) is 0 Å². The van der Waals surface area contributed by atoms with Crippen molar-refractivity contribution < 1.29 is 27.0 Å². The van der Waals surface area contributed by atoms with E-state index in [9.17, 15) is 17.3 Å². The van der Waals surface area contributed by atoms with Gasteiger partial charge in [0.05, 0.1) is 17.7 Å². The Morgan fingerprint density at radius 2 is 1.75 bits per heavy atom. The first-order valence-corrected chi connectivity index (χ1v) is 6.15. The Balaban J connectivity index is 0.000000347. The van der Waals surface area contributed by atoms with Crippen LogP contribution in [0.1, 0.15) is 26.3 Å². The van der Waals surface area contributed by atoms with Crippen LogP contribution < -0.4 is 4.99 Å². The zero-order valence-corrected chi connectivity index (χ0v) is 11.5. The van der Waals surface area contributed by atoms with Crippen molar-refractivity contribution in [3.8, 4) is 0 Å². The van der Waals surface area contributed by atoms with Crippen molar-refractivity contribution in [3.63, 3.8) is 0 Å². The first kappa shape index (κ1) is 16.3. The molecule has 0 radical (unpaired) electrons. The zero-order chi connectivity index (χ0) is 15.3. The smallest absolute Gasteiger partial charge is 0.498 e. The van der Waals surface area contributed by atoms with E-state index in [1.165, 1.54) is 22.5 Å². The van der Waals surface area contributed by atoms with Gasteiger partial charge in [-0.1, -0.05) is 12.1 Å². The van der Waals surface area contributed by atoms with Gasteiger partial charge in [-0.05, 0) is 19.9 Å². The average Bonchev–Trinajstić information content (AvgIpc) is 2.62. The van der Waals surface area contributed by atoms with Crippen LogP contribution in [0.2, 0.25) is 0 Å². The molecule has 2 rings (SSSR count). The van der Waals surface area contributed by atoms with Gasteiger partial charge in [0.25, 0.3) is 0 Å². The van der Waals surface area contributed by atoms with Crippen molar-refractivity contribution in [3.05, 3.63) is 35.6 Å². The van der Waals surface area contributed by atoms with Crippen LogP contribution in [-0.4, -0.2) is 19.6 Å². The largest absolute Gasteiger partial charge is 0.673 e. The molecule has 0 saturated heterocycles. The maximum Gasteiger partial charge on any atom is 0.673 e. The second-order valence-corrected chi connectivity index (χ2v) is 4.15. The highest BCUT2D eigenvalue weighted by atomic mass is 19.5. The van der Waals surface area contributed by atoms with E-state index in [0.29, 0.717) is 6.61 Å². The van der Waals surface area contributed by atoms with Gasteiger partial charge in [-0.25, -0.2) is 4.99 Å². The number of fused-ring (bicyclic) bond motifs is 1. The summed E-state index contributed by atoms with van der Waals surface area (Å²) in [6, 6.07) is 8.30. The molecule has 0 unspecified atom stereocenters. The van der Waals surface area contributed by atoms with Gasteiger partial charge >= 0.3 is 7.25 Å². The minimum absolute atomic E-state index is 0.713. The summed E-state index contributed by atoms with van der Waals surface area (Å²) in [6.45, 7) is 6.82. The lowest BCUT2D eigenvalue weighted by Crippen LogP contribution is -2.62. The van der Waals surface area contributed by atoms with Crippen LogP contribution in [0.5, 0.6) is 0 Å². The Morgan fingerprint density at radius 1 is 1.20 bits per heavy atom. The molecule has 1 aromatic carbocycles. The Kier molecular flexibility index (Phi) is 5.36. The number of hydrogen-bond acceptors (Lipinski definition) is 1. The molecule has 110 valence electrons. The van der Waals surface area contributed by atoms with Gasteiger partial charge < -0.3 is 22.0 Å². The van der Waals surface area contributed by atoms with E-state index >= 15 is 0 Å². The average molecular weight is 289 g/mol. The first-order valence-electron chi connectivity index (χ1n) is 6.15. The van der Waals surface area contributed by atoms with Crippen molar-refractivity contribution in [1.29, 1.82) is 0 Å². The number of allylic oxidation sites excluding steroid dienone is 2. The summed E-state index contributed by atoms with van der Waals surface area (Å²) in [5.41, 5.74) is 4.78. The van der Waals surface area contributed by atoms with E-state index in [4.69, 9.17) is 4.74 Å². The van der Waals surface area contributed by atoms with Gasteiger partial charge in [0, 0.05) is 13.0 Å². The number of hydrogen-bond donors (Lipinski definition) is 1. The number of benzene rings is 1. The van der Waals surface area contributed by atoms with Crippen molar-refractivity contribution in [2.24, 2.45) is 0 Å². The molecule has 7 heteroatoms. The summed E-state index contributed by atoms with van der Waals surface area (Å²) in [6.07, 6.45) is 0. The molecule has 1 aliphatic rings. The highest BCUT2D eigenvalue weighted by Gasteiger charge is 2.26. The Labute approximate surface area is 115 Å². The van der Waals surface area contributed by atoms with Crippen molar-refractivity contribution in [1.82, 2.24) is 0 Å². The molecule has 1 N–H and O–H groups in total. The third kappa shape index (κ3) is 4.72. The van der Waals surface area contributed by atoms with Crippen LogP contribution in [-0.2, 0) is 4.74 Å². The second kappa shape index (κ2) is 6.59. The van der Waals surface area contributed by atoms with E-state index in [1.807, 2.05) is 19.9 Å². The summed E-state index contributed by atoms with van der Waals surface area (Å²) in [5, 5.41) is 0. The van der Waals surface area contributed by atoms with E-state index in [0.717, 1.165) is 5.76 Å². The summed E-state index contributed by atoms with van der Waals surface area (Å²) >= 11 is 0. The number of ether oxygens (including phenoxy) is 1. The van der Waals surface area contributed by atoms with Gasteiger partial charge in [0.15, 0.2) is 5.71 Å². The van der Waals surface area contributed by atoms with Crippen LogP contribution in [0.15, 0.2) is 30.0 Å². The first-order chi connectivity index (χ1) is 9.24. The van der Waals surface area contributed by atoms with Gasteiger partial charge in [0.2, 0.25) is 5.69 Å². The molecule has 2 nitrogen and oxygen atoms in total. The zero-order valence-electron chi connectivity index (χ0n) is 11.5.